The van der Waals surface area contributed by atoms with Crippen LogP contribution in [0, 0.1) is 17.5 Å². The molecule has 0 saturated carbocycles. The number of nitrogen functional groups attached to an aromatic ring is 1. The molecule has 0 saturated heterocycles. The third-order valence-corrected chi connectivity index (χ3v) is 2.20. The fourth-order valence-electron chi connectivity index (χ4n) is 1.31. The lowest BCUT2D eigenvalue weighted by Gasteiger charge is -2.10. The molecule has 0 spiro atoms. The van der Waals surface area contributed by atoms with Gasteiger partial charge in [0, 0.05) is 17.8 Å². The summed E-state index contributed by atoms with van der Waals surface area (Å²) in [4.78, 5) is 21.8. The Kier molecular flexibility index (Phi) is 2.38. The Morgan fingerprint density at radius 1 is 1.00 bits per heavy atom. The normalized spacial score (nSPS) is 10.8. The lowest BCUT2D eigenvalue weighted by atomic mass is 10.2. The van der Waals surface area contributed by atoms with Crippen LogP contribution in [0.1, 0.15) is 0 Å². The van der Waals surface area contributed by atoms with Gasteiger partial charge in [0.05, 0.1) is 0 Å². The van der Waals surface area contributed by atoms with Crippen LogP contribution in [0.25, 0.3) is 0 Å². The smallest absolute Gasteiger partial charge is 0.253 e. The van der Waals surface area contributed by atoms with Crippen LogP contribution >= 0.6 is 0 Å². The maximum Gasteiger partial charge on any atom is 0.253 e. The van der Waals surface area contributed by atoms with Gasteiger partial charge in [0.25, 0.3) is 10.9 Å². The monoisotopic (exact) mass is 242 g/mol. The predicted octanol–water partition coefficient (Wildman–Crippen LogP) is 1.03. The standard InChI is InChI=1S/C10H5F3N2O2/c11-4-1-3(2-5(12)6(4)13)15-8-7(14)9(16)10(8)17/h1-2,15H,14H2. The Hall–Kier alpha value is -2.31. The Labute approximate surface area is 92.2 Å². The summed E-state index contributed by atoms with van der Waals surface area (Å²) < 4.78 is 38.3. The molecule has 0 heterocycles. The van der Waals surface area contributed by atoms with Crippen LogP contribution in [0.5, 0.6) is 0 Å². The van der Waals surface area contributed by atoms with Crippen molar-refractivity contribution >= 4 is 17.1 Å². The van der Waals surface area contributed by atoms with Crippen molar-refractivity contribution in [1.29, 1.82) is 0 Å². The van der Waals surface area contributed by atoms with Gasteiger partial charge < -0.3 is 11.1 Å². The second kappa shape index (κ2) is 3.62. The maximum atomic E-state index is 12.8. The van der Waals surface area contributed by atoms with Crippen molar-refractivity contribution in [3.05, 3.63) is 50.0 Å². The molecule has 2 rings (SSSR count). The number of halogens is 3. The number of hydrogen-bond donors (Lipinski definition) is 2. The van der Waals surface area contributed by atoms with Crippen molar-refractivity contribution in [3.63, 3.8) is 0 Å². The SMILES string of the molecule is Nc1c(Nc2cc(F)c(F)c(F)c2)c(=O)c1=O. The van der Waals surface area contributed by atoms with Gasteiger partial charge in [-0.2, -0.15) is 0 Å². The molecule has 4 nitrogen and oxygen atoms in total. The molecule has 0 aliphatic carbocycles. The predicted molar refractivity (Wildman–Crippen MR) is 55.4 cm³/mol. The van der Waals surface area contributed by atoms with Gasteiger partial charge in [-0.05, 0) is 0 Å². The van der Waals surface area contributed by atoms with Crippen molar-refractivity contribution in [2.45, 2.75) is 0 Å². The van der Waals surface area contributed by atoms with Crippen LogP contribution in [-0.4, -0.2) is 0 Å². The maximum absolute atomic E-state index is 12.8. The molecule has 0 aliphatic rings. The second-order valence-electron chi connectivity index (χ2n) is 3.33. The van der Waals surface area contributed by atoms with Gasteiger partial charge in [-0.25, -0.2) is 13.2 Å². The minimum absolute atomic E-state index is 0.208. The molecule has 0 aliphatic heterocycles. The van der Waals surface area contributed by atoms with E-state index in [1.807, 2.05) is 0 Å². The van der Waals surface area contributed by atoms with E-state index in [-0.39, 0.29) is 17.1 Å². The molecule has 0 unspecified atom stereocenters. The molecule has 0 atom stereocenters. The molecule has 17 heavy (non-hydrogen) atoms. The Balaban J connectivity index is 2.39. The molecule has 0 radical (unpaired) electrons. The Morgan fingerprint density at radius 3 is 2.00 bits per heavy atom. The molecule has 0 fully saturated rings. The fraction of sp³-hybridized carbons (Fsp3) is 0. The molecular formula is C10H5F3N2O2. The first-order valence-corrected chi connectivity index (χ1v) is 4.42. The Morgan fingerprint density at radius 2 is 1.53 bits per heavy atom. The number of rotatable bonds is 2. The van der Waals surface area contributed by atoms with Crippen molar-refractivity contribution in [2.75, 3.05) is 11.1 Å². The van der Waals surface area contributed by atoms with Crippen LogP contribution < -0.4 is 21.9 Å². The summed E-state index contributed by atoms with van der Waals surface area (Å²) in [6.07, 6.45) is 0. The molecule has 7 heteroatoms. The van der Waals surface area contributed by atoms with Crippen molar-refractivity contribution < 1.29 is 13.2 Å². The van der Waals surface area contributed by atoms with Gasteiger partial charge in [0.2, 0.25) is 0 Å². The van der Waals surface area contributed by atoms with Crippen molar-refractivity contribution in [2.24, 2.45) is 0 Å². The summed E-state index contributed by atoms with van der Waals surface area (Å²) in [5.41, 5.74) is 2.67. The summed E-state index contributed by atoms with van der Waals surface area (Å²) in [6.45, 7) is 0. The van der Waals surface area contributed by atoms with E-state index in [9.17, 15) is 22.8 Å². The highest BCUT2D eigenvalue weighted by Crippen LogP contribution is 2.22. The lowest BCUT2D eigenvalue weighted by molar-refractivity contribution is 0.448. The van der Waals surface area contributed by atoms with Gasteiger partial charge in [-0.3, -0.25) is 9.59 Å². The van der Waals surface area contributed by atoms with E-state index in [0.29, 0.717) is 12.1 Å². The van der Waals surface area contributed by atoms with Crippen LogP contribution in [-0.2, 0) is 0 Å². The summed E-state index contributed by atoms with van der Waals surface area (Å²) in [6, 6.07) is 1.30. The van der Waals surface area contributed by atoms with E-state index in [4.69, 9.17) is 5.73 Å². The first-order chi connectivity index (χ1) is 7.91. The van der Waals surface area contributed by atoms with Gasteiger partial charge in [0.1, 0.15) is 11.4 Å². The van der Waals surface area contributed by atoms with Gasteiger partial charge in [0.15, 0.2) is 17.5 Å². The average Bonchev–Trinajstić information content (AvgIpc) is 2.31. The van der Waals surface area contributed by atoms with E-state index < -0.39 is 28.3 Å². The van der Waals surface area contributed by atoms with Gasteiger partial charge >= 0.3 is 0 Å². The minimum Gasteiger partial charge on any atom is -0.394 e. The zero-order valence-electron chi connectivity index (χ0n) is 8.18. The van der Waals surface area contributed by atoms with Gasteiger partial charge in [-0.15, -0.1) is 0 Å². The van der Waals surface area contributed by atoms with Crippen LogP contribution in [0.4, 0.5) is 30.2 Å². The first-order valence-electron chi connectivity index (χ1n) is 4.42. The minimum atomic E-state index is -1.62. The third-order valence-electron chi connectivity index (χ3n) is 2.20. The highest BCUT2D eigenvalue weighted by atomic mass is 19.2. The van der Waals surface area contributed by atoms with E-state index in [2.05, 4.69) is 5.32 Å². The van der Waals surface area contributed by atoms with Crippen LogP contribution in [0.3, 0.4) is 0 Å². The third kappa shape index (κ3) is 1.65. The van der Waals surface area contributed by atoms with Crippen LogP contribution in [0.15, 0.2) is 21.7 Å². The molecule has 3 N–H and O–H groups in total. The van der Waals surface area contributed by atoms with E-state index >= 15 is 0 Å². The topological polar surface area (TPSA) is 72.2 Å². The molecule has 2 aromatic carbocycles. The largest absolute Gasteiger partial charge is 0.394 e. The molecule has 0 bridgehead atoms. The molecular weight excluding hydrogens is 237 g/mol. The molecule has 0 amide bonds. The highest BCUT2D eigenvalue weighted by Gasteiger charge is 2.19. The van der Waals surface area contributed by atoms with Crippen molar-refractivity contribution in [1.82, 2.24) is 0 Å². The van der Waals surface area contributed by atoms with Gasteiger partial charge in [-0.1, -0.05) is 0 Å². The number of anilines is 3. The number of nitrogens with two attached hydrogens (primary N) is 1. The number of hydrogen-bond acceptors (Lipinski definition) is 4. The lowest BCUT2D eigenvalue weighted by Crippen LogP contribution is -2.36. The number of nitrogens with one attached hydrogen (secondary N) is 1. The van der Waals surface area contributed by atoms with E-state index in [1.54, 1.807) is 0 Å². The van der Waals surface area contributed by atoms with Crippen LogP contribution in [0.2, 0.25) is 0 Å². The zero-order chi connectivity index (χ0) is 12.7. The summed E-state index contributed by atoms with van der Waals surface area (Å²) >= 11 is 0. The first kappa shape index (κ1) is 11.2. The Bertz CT molecular complexity index is 652. The molecule has 2 aromatic rings. The average molecular weight is 242 g/mol. The van der Waals surface area contributed by atoms with E-state index in [0.717, 1.165) is 0 Å². The summed E-state index contributed by atoms with van der Waals surface area (Å²) in [7, 11) is 0. The summed E-state index contributed by atoms with van der Waals surface area (Å²) in [5.74, 6) is -4.44. The number of benzene rings is 1. The molecule has 0 aromatic heterocycles. The highest BCUT2D eigenvalue weighted by molar-refractivity contribution is 5.76. The van der Waals surface area contributed by atoms with Crippen molar-refractivity contribution in [3.8, 4) is 0 Å². The second-order valence-corrected chi connectivity index (χ2v) is 3.33. The summed E-state index contributed by atoms with van der Waals surface area (Å²) in [5, 5.41) is 2.25. The van der Waals surface area contributed by atoms with E-state index in [1.165, 1.54) is 0 Å². The fourth-order valence-corrected chi connectivity index (χ4v) is 1.31. The molecule has 88 valence electrons. The zero-order valence-corrected chi connectivity index (χ0v) is 8.18. The quantitative estimate of drug-likeness (QED) is 0.609.